The standard InChI is InChI=1S/C22H28O3Si/c1-6-17-24-21(23)18(2)25-26(22(3,4)5,19-13-9-7-10-14-19)20-15-11-8-12-16-20/h6-16,18H,1,17H2,2-5H3/t18-/m0/s1. The van der Waals surface area contributed by atoms with Crippen LogP contribution in [0.4, 0.5) is 0 Å². The Hall–Kier alpha value is -2.17. The molecule has 0 aliphatic carbocycles. The van der Waals surface area contributed by atoms with Crippen LogP contribution in [0.1, 0.15) is 27.7 Å². The number of carbonyl (C=O) groups excluding carboxylic acids is 1. The van der Waals surface area contributed by atoms with E-state index in [2.05, 4.69) is 51.6 Å². The van der Waals surface area contributed by atoms with E-state index in [1.54, 1.807) is 13.0 Å². The molecular weight excluding hydrogens is 340 g/mol. The van der Waals surface area contributed by atoms with Crippen LogP contribution in [0.15, 0.2) is 73.3 Å². The normalized spacial score (nSPS) is 13.1. The Morgan fingerprint density at radius 3 is 1.88 bits per heavy atom. The molecule has 2 rings (SSSR count). The van der Waals surface area contributed by atoms with Gasteiger partial charge < -0.3 is 9.16 Å². The van der Waals surface area contributed by atoms with Crippen molar-refractivity contribution in [3.8, 4) is 0 Å². The highest BCUT2D eigenvalue weighted by Gasteiger charge is 2.51. The molecule has 0 radical (unpaired) electrons. The molecule has 26 heavy (non-hydrogen) atoms. The minimum atomic E-state index is -2.74. The van der Waals surface area contributed by atoms with E-state index in [0.29, 0.717) is 0 Å². The first-order valence-electron chi connectivity index (χ1n) is 8.89. The van der Waals surface area contributed by atoms with Crippen LogP contribution in [-0.2, 0) is 14.0 Å². The number of hydrogen-bond acceptors (Lipinski definition) is 3. The van der Waals surface area contributed by atoms with Crippen molar-refractivity contribution < 1.29 is 14.0 Å². The second-order valence-electron chi connectivity index (χ2n) is 7.34. The number of esters is 1. The zero-order valence-corrected chi connectivity index (χ0v) is 17.1. The molecule has 2 aromatic carbocycles. The molecule has 0 amide bonds. The second kappa shape index (κ2) is 8.47. The number of rotatable bonds is 7. The van der Waals surface area contributed by atoms with Gasteiger partial charge in [0.15, 0.2) is 0 Å². The fourth-order valence-corrected chi connectivity index (χ4v) is 7.90. The third-order valence-electron chi connectivity index (χ3n) is 4.45. The molecule has 0 unspecified atom stereocenters. The van der Waals surface area contributed by atoms with E-state index < -0.39 is 14.4 Å². The van der Waals surface area contributed by atoms with Crippen LogP contribution in [0.3, 0.4) is 0 Å². The van der Waals surface area contributed by atoms with E-state index in [1.807, 2.05) is 36.4 Å². The van der Waals surface area contributed by atoms with Crippen molar-refractivity contribution in [2.45, 2.75) is 38.8 Å². The Balaban J connectivity index is 2.57. The molecule has 138 valence electrons. The van der Waals surface area contributed by atoms with Crippen molar-refractivity contribution in [1.82, 2.24) is 0 Å². The molecule has 0 aromatic heterocycles. The van der Waals surface area contributed by atoms with Gasteiger partial charge in [-0.05, 0) is 22.3 Å². The Kier molecular flexibility index (Phi) is 6.56. The molecule has 0 N–H and O–H groups in total. The van der Waals surface area contributed by atoms with Crippen molar-refractivity contribution in [2.75, 3.05) is 6.61 Å². The Morgan fingerprint density at radius 1 is 1.04 bits per heavy atom. The van der Waals surface area contributed by atoms with Gasteiger partial charge in [0.1, 0.15) is 12.7 Å². The third-order valence-corrected chi connectivity index (χ3v) is 9.56. The maximum absolute atomic E-state index is 12.4. The van der Waals surface area contributed by atoms with Crippen molar-refractivity contribution in [1.29, 1.82) is 0 Å². The third kappa shape index (κ3) is 4.14. The molecule has 0 saturated heterocycles. The first-order chi connectivity index (χ1) is 12.3. The predicted molar refractivity (Wildman–Crippen MR) is 109 cm³/mol. The van der Waals surface area contributed by atoms with Gasteiger partial charge in [0.05, 0.1) is 0 Å². The van der Waals surface area contributed by atoms with Crippen LogP contribution in [0, 0.1) is 0 Å². The molecule has 0 aliphatic heterocycles. The van der Waals surface area contributed by atoms with Crippen LogP contribution in [0.5, 0.6) is 0 Å². The number of ether oxygens (including phenoxy) is 1. The lowest BCUT2D eigenvalue weighted by atomic mass is 10.2. The zero-order valence-electron chi connectivity index (χ0n) is 16.1. The van der Waals surface area contributed by atoms with Gasteiger partial charge >= 0.3 is 5.97 Å². The molecule has 0 fully saturated rings. The summed E-state index contributed by atoms with van der Waals surface area (Å²) in [4.78, 5) is 12.4. The molecule has 1 atom stereocenters. The van der Waals surface area contributed by atoms with E-state index >= 15 is 0 Å². The van der Waals surface area contributed by atoms with Crippen LogP contribution >= 0.6 is 0 Å². The van der Waals surface area contributed by atoms with E-state index in [9.17, 15) is 4.79 Å². The smallest absolute Gasteiger partial charge is 0.334 e. The monoisotopic (exact) mass is 368 g/mol. The van der Waals surface area contributed by atoms with Gasteiger partial charge in [0, 0.05) is 0 Å². The van der Waals surface area contributed by atoms with Gasteiger partial charge in [0.25, 0.3) is 8.32 Å². The lowest BCUT2D eigenvalue weighted by molar-refractivity contribution is -0.150. The quantitative estimate of drug-likeness (QED) is 0.425. The summed E-state index contributed by atoms with van der Waals surface area (Å²) >= 11 is 0. The van der Waals surface area contributed by atoms with Crippen molar-refractivity contribution in [3.05, 3.63) is 73.3 Å². The molecule has 0 saturated carbocycles. The summed E-state index contributed by atoms with van der Waals surface area (Å²) in [6, 6.07) is 20.5. The molecule has 3 nitrogen and oxygen atoms in total. The SMILES string of the molecule is C=CCOC(=O)[C@H](C)O[Si](c1ccccc1)(c1ccccc1)C(C)(C)C. The van der Waals surface area contributed by atoms with Crippen molar-refractivity contribution in [3.63, 3.8) is 0 Å². The maximum atomic E-state index is 12.4. The number of benzene rings is 2. The minimum Gasteiger partial charge on any atom is -0.460 e. The lowest BCUT2D eigenvalue weighted by Crippen LogP contribution is -2.68. The number of carbonyl (C=O) groups is 1. The predicted octanol–water partition coefficient (Wildman–Crippen LogP) is 3.68. The van der Waals surface area contributed by atoms with Gasteiger partial charge in [-0.15, -0.1) is 0 Å². The van der Waals surface area contributed by atoms with Crippen LogP contribution in [0.2, 0.25) is 5.04 Å². The highest BCUT2D eigenvalue weighted by molar-refractivity contribution is 6.99. The summed E-state index contributed by atoms with van der Waals surface area (Å²) in [6.07, 6.45) is 0.897. The molecule has 0 heterocycles. The Labute approximate surface area is 157 Å². The van der Waals surface area contributed by atoms with Crippen LogP contribution in [0.25, 0.3) is 0 Å². The maximum Gasteiger partial charge on any atom is 0.334 e. The van der Waals surface area contributed by atoms with E-state index in [-0.39, 0.29) is 17.6 Å². The summed E-state index contributed by atoms with van der Waals surface area (Å²) < 4.78 is 11.9. The molecule has 0 spiro atoms. The minimum absolute atomic E-state index is 0.178. The van der Waals surface area contributed by atoms with E-state index in [4.69, 9.17) is 9.16 Å². The fourth-order valence-electron chi connectivity index (χ4n) is 3.26. The summed E-state index contributed by atoms with van der Waals surface area (Å²) in [6.45, 7) is 12.1. The van der Waals surface area contributed by atoms with Crippen molar-refractivity contribution >= 4 is 24.7 Å². The molecule has 0 aliphatic rings. The van der Waals surface area contributed by atoms with E-state index in [1.165, 1.54) is 0 Å². The lowest BCUT2D eigenvalue weighted by Gasteiger charge is -2.44. The molecular formula is C22H28O3Si. The van der Waals surface area contributed by atoms with Gasteiger partial charge in [-0.25, -0.2) is 4.79 Å². The summed E-state index contributed by atoms with van der Waals surface area (Å²) in [7, 11) is -2.74. The van der Waals surface area contributed by atoms with Gasteiger partial charge in [-0.2, -0.15) is 0 Å². The van der Waals surface area contributed by atoms with Crippen LogP contribution in [-0.4, -0.2) is 27.0 Å². The first kappa shape index (κ1) is 20.1. The molecule has 2 aromatic rings. The summed E-state index contributed by atoms with van der Waals surface area (Å²) in [5, 5.41) is 2.10. The number of hydrogen-bond donors (Lipinski definition) is 0. The second-order valence-corrected chi connectivity index (χ2v) is 11.6. The topological polar surface area (TPSA) is 35.5 Å². The van der Waals surface area contributed by atoms with Gasteiger partial charge in [-0.3, -0.25) is 0 Å². The first-order valence-corrected chi connectivity index (χ1v) is 10.8. The molecule has 4 heteroatoms. The zero-order chi connectivity index (χ0) is 19.2. The Morgan fingerprint density at radius 2 is 1.50 bits per heavy atom. The highest BCUT2D eigenvalue weighted by atomic mass is 28.4. The van der Waals surface area contributed by atoms with Crippen LogP contribution < -0.4 is 10.4 Å². The van der Waals surface area contributed by atoms with Crippen molar-refractivity contribution in [2.24, 2.45) is 0 Å². The van der Waals surface area contributed by atoms with Gasteiger partial charge in [0.2, 0.25) is 0 Å². The summed E-state index contributed by atoms with van der Waals surface area (Å²) in [5.41, 5.74) is 0. The average Bonchev–Trinajstić information content (AvgIpc) is 2.64. The van der Waals surface area contributed by atoms with Gasteiger partial charge in [-0.1, -0.05) is 94.1 Å². The summed E-state index contributed by atoms with van der Waals surface area (Å²) in [5.74, 6) is -0.363. The molecule has 0 bridgehead atoms. The average molecular weight is 369 g/mol. The fraction of sp³-hybridized carbons (Fsp3) is 0.318. The largest absolute Gasteiger partial charge is 0.460 e. The highest BCUT2D eigenvalue weighted by Crippen LogP contribution is 2.37. The van der Waals surface area contributed by atoms with E-state index in [0.717, 1.165) is 10.4 Å². The Bertz CT molecular complexity index is 681.